The molecule has 1 heterocycles. The van der Waals surface area contributed by atoms with Crippen molar-refractivity contribution in [3.8, 4) is 0 Å². The van der Waals surface area contributed by atoms with Crippen LogP contribution in [0.3, 0.4) is 0 Å². The fraction of sp³-hybridized carbons (Fsp3) is 0.923. The molecule has 1 fully saturated rings. The third-order valence-electron chi connectivity index (χ3n) is 3.24. The molecule has 1 aliphatic heterocycles. The minimum absolute atomic E-state index is 0.0240. The van der Waals surface area contributed by atoms with Crippen LogP contribution in [-0.2, 0) is 19.6 Å². The van der Waals surface area contributed by atoms with E-state index in [1.165, 1.54) is 0 Å². The van der Waals surface area contributed by atoms with Crippen LogP contribution in [0, 0.1) is 5.92 Å². The SMILES string of the molecule is CCCNC1COCC1C(=O)NCC(C)(C)NS(C)(=O)=O. The maximum Gasteiger partial charge on any atom is 0.227 e. The van der Waals surface area contributed by atoms with Gasteiger partial charge in [0.15, 0.2) is 0 Å². The molecule has 7 nitrogen and oxygen atoms in total. The number of carbonyl (C=O) groups is 1. The standard InChI is InChI=1S/C13H27N3O4S/c1-5-6-14-11-8-20-7-10(11)12(17)15-9-13(2,3)16-21(4,18)19/h10-11,14,16H,5-9H2,1-4H3,(H,15,17). The van der Waals surface area contributed by atoms with Crippen LogP contribution in [0.15, 0.2) is 0 Å². The highest BCUT2D eigenvalue weighted by Gasteiger charge is 2.34. The monoisotopic (exact) mass is 321 g/mol. The zero-order valence-electron chi connectivity index (χ0n) is 13.2. The van der Waals surface area contributed by atoms with Gasteiger partial charge in [-0.3, -0.25) is 4.79 Å². The summed E-state index contributed by atoms with van der Waals surface area (Å²) in [6, 6.07) is 0.0240. The first-order valence-electron chi connectivity index (χ1n) is 7.22. The van der Waals surface area contributed by atoms with E-state index in [0.717, 1.165) is 19.2 Å². The summed E-state index contributed by atoms with van der Waals surface area (Å²) in [5.74, 6) is -0.338. The van der Waals surface area contributed by atoms with Crippen molar-refractivity contribution in [2.75, 3.05) is 32.6 Å². The Balaban J connectivity index is 2.49. The summed E-state index contributed by atoms with van der Waals surface area (Å²) in [5.41, 5.74) is -0.727. The molecule has 1 amide bonds. The van der Waals surface area contributed by atoms with Crippen molar-refractivity contribution in [3.05, 3.63) is 0 Å². The number of hydrogen-bond donors (Lipinski definition) is 3. The van der Waals surface area contributed by atoms with E-state index in [1.54, 1.807) is 13.8 Å². The number of hydrogen-bond acceptors (Lipinski definition) is 5. The summed E-state index contributed by atoms with van der Waals surface area (Å²) >= 11 is 0. The van der Waals surface area contributed by atoms with Gasteiger partial charge in [0.25, 0.3) is 0 Å². The summed E-state index contributed by atoms with van der Waals surface area (Å²) in [6.07, 6.45) is 2.10. The van der Waals surface area contributed by atoms with E-state index < -0.39 is 15.6 Å². The molecule has 0 saturated carbocycles. The average molecular weight is 321 g/mol. The molecular formula is C13H27N3O4S. The van der Waals surface area contributed by atoms with Gasteiger partial charge in [0.05, 0.1) is 25.4 Å². The van der Waals surface area contributed by atoms with Gasteiger partial charge in [0, 0.05) is 18.1 Å². The number of nitrogens with one attached hydrogen (secondary N) is 3. The van der Waals surface area contributed by atoms with Crippen molar-refractivity contribution in [2.24, 2.45) is 5.92 Å². The first-order chi connectivity index (χ1) is 9.64. The Kier molecular flexibility index (Phi) is 6.58. The van der Waals surface area contributed by atoms with Crippen LogP contribution in [0.25, 0.3) is 0 Å². The maximum atomic E-state index is 12.2. The van der Waals surface area contributed by atoms with Crippen molar-refractivity contribution in [1.29, 1.82) is 0 Å². The molecule has 1 rings (SSSR count). The van der Waals surface area contributed by atoms with Gasteiger partial charge in [-0.25, -0.2) is 13.1 Å². The lowest BCUT2D eigenvalue weighted by atomic mass is 10.0. The Morgan fingerprint density at radius 3 is 2.57 bits per heavy atom. The van der Waals surface area contributed by atoms with Crippen LogP contribution < -0.4 is 15.4 Å². The normalized spacial score (nSPS) is 23.2. The first kappa shape index (κ1) is 18.3. The van der Waals surface area contributed by atoms with E-state index in [9.17, 15) is 13.2 Å². The quantitative estimate of drug-likeness (QED) is 0.557. The zero-order chi connectivity index (χ0) is 16.1. The van der Waals surface area contributed by atoms with Crippen LogP contribution in [0.5, 0.6) is 0 Å². The lowest BCUT2D eigenvalue weighted by molar-refractivity contribution is -0.125. The summed E-state index contributed by atoms with van der Waals surface area (Å²) in [5, 5.41) is 6.11. The zero-order valence-corrected chi connectivity index (χ0v) is 14.0. The number of rotatable bonds is 8. The number of carbonyl (C=O) groups excluding carboxylic acids is 1. The van der Waals surface area contributed by atoms with E-state index in [4.69, 9.17) is 4.74 Å². The molecule has 8 heteroatoms. The van der Waals surface area contributed by atoms with Crippen molar-refractivity contribution < 1.29 is 17.9 Å². The van der Waals surface area contributed by atoms with Gasteiger partial charge >= 0.3 is 0 Å². The highest BCUT2D eigenvalue weighted by Crippen LogP contribution is 2.14. The molecule has 2 atom stereocenters. The second-order valence-electron chi connectivity index (χ2n) is 6.18. The molecule has 1 aliphatic rings. The molecule has 1 saturated heterocycles. The fourth-order valence-corrected chi connectivity index (χ4v) is 3.40. The van der Waals surface area contributed by atoms with Crippen LogP contribution >= 0.6 is 0 Å². The predicted octanol–water partition coefficient (Wildman–Crippen LogP) is -0.555. The molecule has 0 aromatic carbocycles. The van der Waals surface area contributed by atoms with E-state index in [2.05, 4.69) is 22.3 Å². The van der Waals surface area contributed by atoms with Crippen LogP contribution in [0.4, 0.5) is 0 Å². The Hall–Kier alpha value is -0.700. The predicted molar refractivity (Wildman–Crippen MR) is 81.5 cm³/mol. The Labute approximate surface area is 127 Å². The molecule has 2 unspecified atom stereocenters. The van der Waals surface area contributed by atoms with Gasteiger partial charge in [0.1, 0.15) is 0 Å². The van der Waals surface area contributed by atoms with E-state index >= 15 is 0 Å². The van der Waals surface area contributed by atoms with Gasteiger partial charge in [-0.15, -0.1) is 0 Å². The van der Waals surface area contributed by atoms with Crippen molar-refractivity contribution >= 4 is 15.9 Å². The third-order valence-corrected chi connectivity index (χ3v) is 4.16. The summed E-state index contributed by atoms with van der Waals surface area (Å²) in [6.45, 7) is 7.53. The van der Waals surface area contributed by atoms with E-state index in [1.807, 2.05) is 0 Å². The summed E-state index contributed by atoms with van der Waals surface area (Å²) in [4.78, 5) is 12.2. The minimum Gasteiger partial charge on any atom is -0.379 e. The second-order valence-corrected chi connectivity index (χ2v) is 7.93. The number of amides is 1. The molecular weight excluding hydrogens is 294 g/mol. The number of ether oxygens (including phenoxy) is 1. The van der Waals surface area contributed by atoms with Gasteiger partial charge in [-0.2, -0.15) is 0 Å². The molecule has 0 aliphatic carbocycles. The number of sulfonamides is 1. The van der Waals surface area contributed by atoms with Crippen LogP contribution in [-0.4, -0.2) is 58.5 Å². The molecule has 0 aromatic rings. The third kappa shape index (κ3) is 6.73. The van der Waals surface area contributed by atoms with Gasteiger partial charge in [-0.05, 0) is 26.8 Å². The smallest absolute Gasteiger partial charge is 0.227 e. The lowest BCUT2D eigenvalue weighted by Gasteiger charge is -2.26. The molecule has 0 radical (unpaired) electrons. The van der Waals surface area contributed by atoms with Gasteiger partial charge in [-0.1, -0.05) is 6.92 Å². The largest absolute Gasteiger partial charge is 0.379 e. The van der Waals surface area contributed by atoms with E-state index in [0.29, 0.717) is 13.2 Å². The molecule has 0 spiro atoms. The Morgan fingerprint density at radius 2 is 2.00 bits per heavy atom. The van der Waals surface area contributed by atoms with Crippen LogP contribution in [0.2, 0.25) is 0 Å². The summed E-state index contributed by atoms with van der Waals surface area (Å²) < 4.78 is 30.4. The highest BCUT2D eigenvalue weighted by atomic mass is 32.2. The highest BCUT2D eigenvalue weighted by molar-refractivity contribution is 7.88. The molecule has 0 aromatic heterocycles. The Morgan fingerprint density at radius 1 is 1.33 bits per heavy atom. The van der Waals surface area contributed by atoms with Crippen LogP contribution in [0.1, 0.15) is 27.2 Å². The lowest BCUT2D eigenvalue weighted by Crippen LogP contribution is -2.53. The first-order valence-corrected chi connectivity index (χ1v) is 9.11. The molecule has 0 bridgehead atoms. The van der Waals surface area contributed by atoms with E-state index in [-0.39, 0.29) is 24.4 Å². The van der Waals surface area contributed by atoms with Crippen molar-refractivity contribution in [2.45, 2.75) is 38.8 Å². The second kappa shape index (κ2) is 7.53. The molecule has 3 N–H and O–H groups in total. The van der Waals surface area contributed by atoms with Gasteiger partial charge < -0.3 is 15.4 Å². The molecule has 124 valence electrons. The topological polar surface area (TPSA) is 96.5 Å². The average Bonchev–Trinajstić information content (AvgIpc) is 2.79. The minimum atomic E-state index is -3.31. The summed E-state index contributed by atoms with van der Waals surface area (Å²) in [7, 11) is -3.31. The molecule has 21 heavy (non-hydrogen) atoms. The van der Waals surface area contributed by atoms with Gasteiger partial charge in [0.2, 0.25) is 15.9 Å². The maximum absolute atomic E-state index is 12.2. The van der Waals surface area contributed by atoms with Crippen molar-refractivity contribution in [3.63, 3.8) is 0 Å². The Bertz CT molecular complexity index is 450. The van der Waals surface area contributed by atoms with Crippen molar-refractivity contribution in [1.82, 2.24) is 15.4 Å². The fourth-order valence-electron chi connectivity index (χ4n) is 2.32.